The lowest BCUT2D eigenvalue weighted by Crippen LogP contribution is -1.91. The predicted molar refractivity (Wildman–Crippen MR) is 64.1 cm³/mol. The van der Waals surface area contributed by atoms with Gasteiger partial charge in [-0.1, -0.05) is 23.7 Å². The van der Waals surface area contributed by atoms with Crippen LogP contribution < -0.4 is 0 Å². The smallest absolute Gasteiger partial charge is 0.0816 e. The molecule has 3 heteroatoms. The number of nitrogens with zero attached hydrogens (tertiary/aromatic N) is 2. The molecule has 0 unspecified atom stereocenters. The normalized spacial score (nSPS) is 11.1. The third kappa shape index (κ3) is 2.28. The maximum absolute atomic E-state index is 5.98. The summed E-state index contributed by atoms with van der Waals surface area (Å²) in [5.74, 6) is 0. The minimum Gasteiger partial charge on any atom is -0.350 e. The highest BCUT2D eigenvalue weighted by atomic mass is 35.5. The highest BCUT2D eigenvalue weighted by Crippen LogP contribution is 2.23. The van der Waals surface area contributed by atoms with Crippen molar-refractivity contribution in [2.45, 2.75) is 0 Å². The van der Waals surface area contributed by atoms with Gasteiger partial charge in [0.15, 0.2) is 0 Å². The molecule has 0 atom stereocenters. The monoisotopic (exact) mass is 218 g/mol. The van der Waals surface area contributed by atoms with Gasteiger partial charge in [-0.05, 0) is 24.3 Å². The number of halogens is 1. The molecule has 0 N–H and O–H groups in total. The van der Waals surface area contributed by atoms with Crippen LogP contribution in [-0.4, -0.2) is 10.8 Å². The molecule has 15 heavy (non-hydrogen) atoms. The second-order valence-corrected chi connectivity index (χ2v) is 3.66. The molecule has 1 aromatic heterocycles. The third-order valence-corrected chi connectivity index (χ3v) is 2.49. The van der Waals surface area contributed by atoms with Crippen molar-refractivity contribution in [2.24, 2.45) is 12.0 Å². The molecule has 0 bridgehead atoms. The zero-order chi connectivity index (χ0) is 10.7. The summed E-state index contributed by atoms with van der Waals surface area (Å²) in [6.07, 6.45) is 3.79. The van der Waals surface area contributed by atoms with Crippen LogP contribution in [0.4, 0.5) is 5.69 Å². The van der Waals surface area contributed by atoms with Crippen molar-refractivity contribution in [1.82, 2.24) is 4.57 Å². The van der Waals surface area contributed by atoms with E-state index in [1.165, 1.54) is 0 Å². The lowest BCUT2D eigenvalue weighted by molar-refractivity contribution is 0.918. The Bertz CT molecular complexity index is 486. The van der Waals surface area contributed by atoms with E-state index in [0.717, 1.165) is 11.4 Å². The van der Waals surface area contributed by atoms with E-state index in [1.54, 1.807) is 6.21 Å². The van der Waals surface area contributed by atoms with Crippen LogP contribution in [0.3, 0.4) is 0 Å². The van der Waals surface area contributed by atoms with Crippen LogP contribution in [0.15, 0.2) is 47.6 Å². The molecule has 0 aliphatic heterocycles. The number of hydrogen-bond acceptors (Lipinski definition) is 1. The molecule has 0 aliphatic rings. The van der Waals surface area contributed by atoms with Crippen LogP contribution >= 0.6 is 11.6 Å². The fourth-order valence-electron chi connectivity index (χ4n) is 1.30. The summed E-state index contributed by atoms with van der Waals surface area (Å²) in [6.45, 7) is 0. The zero-order valence-corrected chi connectivity index (χ0v) is 9.15. The maximum Gasteiger partial charge on any atom is 0.0816 e. The number of rotatable bonds is 2. The van der Waals surface area contributed by atoms with Gasteiger partial charge < -0.3 is 4.57 Å². The molecule has 0 radical (unpaired) electrons. The SMILES string of the molecule is Cn1cccc1C=Nc1ccccc1Cl. The lowest BCUT2D eigenvalue weighted by atomic mass is 10.3. The fraction of sp³-hybridized carbons (Fsp3) is 0.0833. The molecule has 76 valence electrons. The average Bonchev–Trinajstić information content (AvgIpc) is 2.63. The number of aryl methyl sites for hydroxylation is 1. The van der Waals surface area contributed by atoms with Crippen LogP contribution in [0.25, 0.3) is 0 Å². The third-order valence-electron chi connectivity index (χ3n) is 2.17. The Morgan fingerprint density at radius 1 is 1.20 bits per heavy atom. The summed E-state index contributed by atoms with van der Waals surface area (Å²) in [4.78, 5) is 4.33. The predicted octanol–water partition coefficient (Wildman–Crippen LogP) is 3.43. The van der Waals surface area contributed by atoms with E-state index >= 15 is 0 Å². The van der Waals surface area contributed by atoms with Crippen molar-refractivity contribution >= 4 is 23.5 Å². The zero-order valence-electron chi connectivity index (χ0n) is 8.39. The van der Waals surface area contributed by atoms with Gasteiger partial charge in [0.05, 0.1) is 22.6 Å². The average molecular weight is 219 g/mol. The molecule has 0 aliphatic carbocycles. The molecule has 2 nitrogen and oxygen atoms in total. The van der Waals surface area contributed by atoms with Crippen molar-refractivity contribution in [1.29, 1.82) is 0 Å². The largest absolute Gasteiger partial charge is 0.350 e. The topological polar surface area (TPSA) is 17.3 Å². The Balaban J connectivity index is 2.26. The standard InChI is InChI=1S/C12H11ClN2/c1-15-8-4-5-10(15)9-14-12-7-3-2-6-11(12)13/h2-9H,1H3. The number of aliphatic imine (C=N–C) groups is 1. The number of para-hydroxylation sites is 1. The van der Waals surface area contributed by atoms with E-state index in [-0.39, 0.29) is 0 Å². The van der Waals surface area contributed by atoms with Crippen molar-refractivity contribution in [3.8, 4) is 0 Å². The molecule has 2 aromatic rings. The van der Waals surface area contributed by atoms with E-state index < -0.39 is 0 Å². The second kappa shape index (κ2) is 4.32. The molecule has 0 fully saturated rings. The lowest BCUT2D eigenvalue weighted by Gasteiger charge is -1.97. The summed E-state index contributed by atoms with van der Waals surface area (Å²) in [7, 11) is 1.98. The maximum atomic E-state index is 5.98. The first-order valence-electron chi connectivity index (χ1n) is 4.67. The van der Waals surface area contributed by atoms with Crippen LogP contribution in [0.5, 0.6) is 0 Å². The van der Waals surface area contributed by atoms with Gasteiger partial charge >= 0.3 is 0 Å². The molecule has 2 rings (SSSR count). The van der Waals surface area contributed by atoms with Crippen molar-refractivity contribution in [3.63, 3.8) is 0 Å². The molecule has 0 spiro atoms. The molecular weight excluding hydrogens is 208 g/mol. The molecule has 0 saturated carbocycles. The van der Waals surface area contributed by atoms with E-state index in [2.05, 4.69) is 4.99 Å². The van der Waals surface area contributed by atoms with Crippen LogP contribution in [0, 0.1) is 0 Å². The molecule has 1 aromatic carbocycles. The summed E-state index contributed by atoms with van der Waals surface area (Å²) >= 11 is 5.98. The highest BCUT2D eigenvalue weighted by Gasteiger charge is 1.95. The first kappa shape index (κ1) is 9.99. The molecule has 1 heterocycles. The van der Waals surface area contributed by atoms with E-state index in [0.29, 0.717) is 5.02 Å². The Morgan fingerprint density at radius 3 is 2.67 bits per heavy atom. The van der Waals surface area contributed by atoms with Crippen molar-refractivity contribution in [3.05, 3.63) is 53.3 Å². The number of benzene rings is 1. The number of hydrogen-bond donors (Lipinski definition) is 0. The summed E-state index contributed by atoms with van der Waals surface area (Å²) in [6, 6.07) is 11.5. The van der Waals surface area contributed by atoms with Gasteiger partial charge in [-0.2, -0.15) is 0 Å². The van der Waals surface area contributed by atoms with Gasteiger partial charge in [0.2, 0.25) is 0 Å². The first-order chi connectivity index (χ1) is 7.27. The van der Waals surface area contributed by atoms with Crippen LogP contribution in [-0.2, 0) is 7.05 Å². The Hall–Kier alpha value is -1.54. The minimum absolute atomic E-state index is 0.669. The van der Waals surface area contributed by atoms with Gasteiger partial charge in [0.1, 0.15) is 0 Å². The molecular formula is C12H11ClN2. The number of aromatic nitrogens is 1. The van der Waals surface area contributed by atoms with E-state index in [9.17, 15) is 0 Å². The first-order valence-corrected chi connectivity index (χ1v) is 5.05. The van der Waals surface area contributed by atoms with Gasteiger partial charge in [-0.3, -0.25) is 4.99 Å². The Morgan fingerprint density at radius 2 is 2.00 bits per heavy atom. The van der Waals surface area contributed by atoms with Gasteiger partial charge in [-0.25, -0.2) is 0 Å². The van der Waals surface area contributed by atoms with E-state index in [4.69, 9.17) is 11.6 Å². The summed E-state index contributed by atoms with van der Waals surface area (Å²) in [5, 5.41) is 0.669. The van der Waals surface area contributed by atoms with Gasteiger partial charge in [0.25, 0.3) is 0 Å². The van der Waals surface area contributed by atoms with Crippen LogP contribution in [0.2, 0.25) is 5.02 Å². The minimum atomic E-state index is 0.669. The van der Waals surface area contributed by atoms with Crippen LogP contribution in [0.1, 0.15) is 5.69 Å². The second-order valence-electron chi connectivity index (χ2n) is 3.25. The molecule has 0 saturated heterocycles. The van der Waals surface area contributed by atoms with Gasteiger partial charge in [0, 0.05) is 13.2 Å². The Kier molecular flexibility index (Phi) is 2.88. The highest BCUT2D eigenvalue weighted by molar-refractivity contribution is 6.33. The van der Waals surface area contributed by atoms with Crippen molar-refractivity contribution < 1.29 is 0 Å². The van der Waals surface area contributed by atoms with Crippen molar-refractivity contribution in [2.75, 3.05) is 0 Å². The van der Waals surface area contributed by atoms with E-state index in [1.807, 2.05) is 54.2 Å². The van der Waals surface area contributed by atoms with Gasteiger partial charge in [-0.15, -0.1) is 0 Å². The summed E-state index contributed by atoms with van der Waals surface area (Å²) in [5.41, 5.74) is 1.84. The molecule has 0 amide bonds. The Labute approximate surface area is 93.8 Å². The summed E-state index contributed by atoms with van der Waals surface area (Å²) < 4.78 is 2.00. The quantitative estimate of drug-likeness (QED) is 0.688. The fourth-order valence-corrected chi connectivity index (χ4v) is 1.49.